The number of nitrogens with one attached hydrogen (secondary N) is 1. The molecule has 0 saturated heterocycles. The SMILES string of the molecule is Cc1cc(C(C)(C)C#N)ccc1[C@H](C)NS(C)(O)C(C)(C)C. The first-order valence-electron chi connectivity index (χ1n) is 7.62. The van der Waals surface area contributed by atoms with Crippen molar-refractivity contribution >= 4 is 10.5 Å². The molecule has 0 aliphatic carbocycles. The van der Waals surface area contributed by atoms with Crippen LogP contribution in [0.5, 0.6) is 0 Å². The molecule has 0 aliphatic rings. The van der Waals surface area contributed by atoms with Crippen LogP contribution in [0.25, 0.3) is 0 Å². The number of benzene rings is 1. The number of hydrogen-bond donors (Lipinski definition) is 2. The summed E-state index contributed by atoms with van der Waals surface area (Å²) in [6.07, 6.45) is 1.89. The molecule has 0 heterocycles. The van der Waals surface area contributed by atoms with Gasteiger partial charge in [0.2, 0.25) is 0 Å². The van der Waals surface area contributed by atoms with E-state index in [4.69, 9.17) is 0 Å². The van der Waals surface area contributed by atoms with E-state index in [1.807, 2.05) is 46.9 Å². The molecular weight excluding hydrogens is 292 g/mol. The maximum atomic E-state index is 10.7. The molecule has 0 radical (unpaired) electrons. The molecule has 1 aromatic carbocycles. The minimum absolute atomic E-state index is 0.0588. The van der Waals surface area contributed by atoms with E-state index in [0.717, 1.165) is 16.7 Å². The zero-order valence-corrected chi connectivity index (χ0v) is 15.9. The summed E-state index contributed by atoms with van der Waals surface area (Å²) >= 11 is 0. The van der Waals surface area contributed by atoms with Crippen molar-refractivity contribution in [2.45, 2.75) is 64.7 Å². The third kappa shape index (κ3) is 4.04. The first kappa shape index (κ1) is 19.0. The Hall–Kier alpha value is -1.02. The highest BCUT2D eigenvalue weighted by Gasteiger charge is 2.32. The second-order valence-corrected chi connectivity index (χ2v) is 10.8. The Morgan fingerprint density at radius 2 is 1.77 bits per heavy atom. The van der Waals surface area contributed by atoms with Gasteiger partial charge in [-0.25, -0.2) is 0 Å². The maximum Gasteiger partial charge on any atom is 0.0766 e. The summed E-state index contributed by atoms with van der Waals surface area (Å²) < 4.78 is 13.9. The second-order valence-electron chi connectivity index (χ2n) is 7.64. The van der Waals surface area contributed by atoms with Crippen molar-refractivity contribution in [3.8, 4) is 6.07 Å². The van der Waals surface area contributed by atoms with Gasteiger partial charge in [-0.2, -0.15) is 5.26 Å². The summed E-state index contributed by atoms with van der Waals surface area (Å²) in [5, 5.41) is 9.27. The Morgan fingerprint density at radius 1 is 1.23 bits per heavy atom. The van der Waals surface area contributed by atoms with Crippen LogP contribution in [0.2, 0.25) is 0 Å². The van der Waals surface area contributed by atoms with E-state index in [0.29, 0.717) is 0 Å². The molecule has 0 aromatic heterocycles. The van der Waals surface area contributed by atoms with Crippen LogP contribution >= 0.6 is 10.5 Å². The van der Waals surface area contributed by atoms with Crippen LogP contribution in [-0.2, 0) is 5.41 Å². The lowest BCUT2D eigenvalue weighted by atomic mass is 9.84. The number of nitriles is 1. The summed E-state index contributed by atoms with van der Waals surface area (Å²) in [5.74, 6) is 0. The van der Waals surface area contributed by atoms with Crippen molar-refractivity contribution < 1.29 is 4.55 Å². The molecule has 3 nitrogen and oxygen atoms in total. The van der Waals surface area contributed by atoms with Crippen LogP contribution < -0.4 is 4.72 Å². The van der Waals surface area contributed by atoms with Crippen molar-refractivity contribution in [1.29, 1.82) is 5.26 Å². The predicted octanol–water partition coefficient (Wildman–Crippen LogP) is 5.07. The van der Waals surface area contributed by atoms with E-state index in [1.165, 1.54) is 0 Å². The van der Waals surface area contributed by atoms with Gasteiger partial charge in [-0.3, -0.25) is 4.72 Å². The quantitative estimate of drug-likeness (QED) is 0.814. The summed E-state index contributed by atoms with van der Waals surface area (Å²) in [6.45, 7) is 14.1. The van der Waals surface area contributed by atoms with Crippen LogP contribution in [0.3, 0.4) is 0 Å². The molecule has 1 rings (SSSR count). The van der Waals surface area contributed by atoms with Gasteiger partial charge in [0, 0.05) is 17.0 Å². The van der Waals surface area contributed by atoms with Crippen molar-refractivity contribution in [1.82, 2.24) is 4.72 Å². The lowest BCUT2D eigenvalue weighted by molar-refractivity contribution is 0.550. The number of rotatable bonds is 4. The molecule has 2 N–H and O–H groups in total. The van der Waals surface area contributed by atoms with E-state index < -0.39 is 15.9 Å². The normalized spacial score (nSPS) is 18.2. The Kier molecular flexibility index (Phi) is 5.39. The number of hydrogen-bond acceptors (Lipinski definition) is 3. The second kappa shape index (κ2) is 6.23. The van der Waals surface area contributed by atoms with E-state index >= 15 is 0 Å². The molecule has 1 aromatic rings. The lowest BCUT2D eigenvalue weighted by Crippen LogP contribution is -2.36. The summed E-state index contributed by atoms with van der Waals surface area (Å²) in [4.78, 5) is 0. The Morgan fingerprint density at radius 3 is 2.18 bits per heavy atom. The zero-order chi connectivity index (χ0) is 17.3. The summed E-state index contributed by atoms with van der Waals surface area (Å²) in [5.41, 5.74) is 2.85. The van der Waals surface area contributed by atoms with Crippen LogP contribution in [-0.4, -0.2) is 15.6 Å². The molecule has 0 fully saturated rings. The van der Waals surface area contributed by atoms with Crippen molar-refractivity contribution in [2.75, 3.05) is 6.26 Å². The molecule has 4 heteroatoms. The third-order valence-corrected chi connectivity index (χ3v) is 7.53. The highest BCUT2D eigenvalue weighted by molar-refractivity contribution is 8.28. The van der Waals surface area contributed by atoms with E-state index in [1.54, 1.807) is 0 Å². The van der Waals surface area contributed by atoms with Gasteiger partial charge in [0.1, 0.15) is 0 Å². The smallest absolute Gasteiger partial charge is 0.0766 e. The average molecular weight is 323 g/mol. The fourth-order valence-corrected chi connectivity index (χ4v) is 3.37. The van der Waals surface area contributed by atoms with Gasteiger partial charge < -0.3 is 4.55 Å². The van der Waals surface area contributed by atoms with Gasteiger partial charge >= 0.3 is 0 Å². The van der Waals surface area contributed by atoms with Gasteiger partial charge in [0.05, 0.1) is 11.5 Å². The van der Waals surface area contributed by atoms with Gasteiger partial charge in [-0.1, -0.05) is 28.7 Å². The average Bonchev–Trinajstić information content (AvgIpc) is 2.36. The van der Waals surface area contributed by atoms with Crippen LogP contribution in [0, 0.1) is 18.3 Å². The Balaban J connectivity index is 3.07. The fourth-order valence-electron chi connectivity index (χ4n) is 2.20. The van der Waals surface area contributed by atoms with E-state index in [-0.39, 0.29) is 10.8 Å². The minimum Gasteiger partial charge on any atom is -0.338 e. The molecular formula is C18H30N2OS. The summed E-state index contributed by atoms with van der Waals surface area (Å²) in [7, 11) is -1.91. The molecule has 2 atom stereocenters. The van der Waals surface area contributed by atoms with Gasteiger partial charge in [0.15, 0.2) is 0 Å². The number of aryl methyl sites for hydroxylation is 1. The minimum atomic E-state index is -1.91. The molecule has 22 heavy (non-hydrogen) atoms. The van der Waals surface area contributed by atoms with Gasteiger partial charge in [-0.05, 0) is 65.2 Å². The van der Waals surface area contributed by atoms with Gasteiger partial charge in [-0.15, -0.1) is 0 Å². The predicted molar refractivity (Wildman–Crippen MR) is 97.3 cm³/mol. The monoisotopic (exact) mass is 322 g/mol. The van der Waals surface area contributed by atoms with Crippen molar-refractivity contribution in [3.63, 3.8) is 0 Å². The van der Waals surface area contributed by atoms with Crippen LogP contribution in [0.15, 0.2) is 18.2 Å². The Bertz CT molecular complexity index is 580. The molecule has 0 amide bonds. The molecule has 0 saturated carbocycles. The zero-order valence-electron chi connectivity index (χ0n) is 15.1. The number of nitrogens with zero attached hydrogens (tertiary/aromatic N) is 1. The molecule has 1 unspecified atom stereocenters. The first-order valence-corrected chi connectivity index (χ1v) is 9.61. The molecule has 124 valence electrons. The molecule has 0 spiro atoms. The highest BCUT2D eigenvalue weighted by atomic mass is 32.3. The Labute approximate surface area is 137 Å². The standard InChI is InChI=1S/C18H30N2OS/c1-13-11-15(18(6,7)12-19)9-10-16(13)14(2)20-22(8,21)17(3,4)5/h9-11,14,20-21H,1-8H3/t14-/m0/s1. The molecule has 0 bridgehead atoms. The van der Waals surface area contributed by atoms with Crippen molar-refractivity contribution in [2.24, 2.45) is 0 Å². The summed E-state index contributed by atoms with van der Waals surface area (Å²) in [6, 6.07) is 8.57. The lowest BCUT2D eigenvalue weighted by Gasteiger charge is -2.45. The highest BCUT2D eigenvalue weighted by Crippen LogP contribution is 2.50. The van der Waals surface area contributed by atoms with Gasteiger partial charge in [0.25, 0.3) is 0 Å². The van der Waals surface area contributed by atoms with E-state index in [9.17, 15) is 9.81 Å². The van der Waals surface area contributed by atoms with Crippen LogP contribution in [0.4, 0.5) is 0 Å². The fraction of sp³-hybridized carbons (Fsp3) is 0.611. The topological polar surface area (TPSA) is 56.0 Å². The largest absolute Gasteiger partial charge is 0.338 e. The first-order chi connectivity index (χ1) is 9.82. The molecule has 0 aliphatic heterocycles. The van der Waals surface area contributed by atoms with Crippen molar-refractivity contribution in [3.05, 3.63) is 34.9 Å². The van der Waals surface area contributed by atoms with Crippen LogP contribution in [0.1, 0.15) is 64.3 Å². The third-order valence-electron chi connectivity index (χ3n) is 4.34. The van der Waals surface area contributed by atoms with E-state index in [2.05, 4.69) is 36.8 Å². The maximum absolute atomic E-state index is 10.7.